The van der Waals surface area contributed by atoms with Crippen LogP contribution in [0.5, 0.6) is 5.75 Å². The van der Waals surface area contributed by atoms with Crippen molar-refractivity contribution in [3.63, 3.8) is 0 Å². The average Bonchev–Trinajstić information content (AvgIpc) is 2.37. The number of hydrogen-bond donors (Lipinski definition) is 1. The van der Waals surface area contributed by atoms with Crippen LogP contribution in [0.1, 0.15) is 31.9 Å². The van der Waals surface area contributed by atoms with Crippen molar-refractivity contribution in [2.75, 3.05) is 13.7 Å². The number of halogens is 3. The van der Waals surface area contributed by atoms with Gasteiger partial charge in [-0.2, -0.15) is 0 Å². The largest absolute Gasteiger partial charge is 0.573 e. The number of ether oxygens (including phenoxy) is 2. The molecule has 114 valence electrons. The lowest BCUT2D eigenvalue weighted by molar-refractivity contribution is -0.275. The minimum Gasteiger partial charge on any atom is -0.405 e. The van der Waals surface area contributed by atoms with Crippen LogP contribution in [-0.4, -0.2) is 26.1 Å². The molecule has 1 aromatic rings. The van der Waals surface area contributed by atoms with Gasteiger partial charge in [0.25, 0.3) is 0 Å². The van der Waals surface area contributed by atoms with E-state index in [1.807, 2.05) is 13.8 Å². The molecule has 0 saturated heterocycles. The van der Waals surface area contributed by atoms with Crippen LogP contribution in [0.4, 0.5) is 13.2 Å². The first-order valence-electron chi connectivity index (χ1n) is 6.48. The Morgan fingerprint density at radius 1 is 1.25 bits per heavy atom. The summed E-state index contributed by atoms with van der Waals surface area (Å²) in [5, 5.41) is 3.16. The van der Waals surface area contributed by atoms with Crippen LogP contribution in [0.15, 0.2) is 24.3 Å². The smallest absolute Gasteiger partial charge is 0.405 e. The van der Waals surface area contributed by atoms with Crippen LogP contribution in [0.2, 0.25) is 0 Å². The summed E-state index contributed by atoms with van der Waals surface area (Å²) < 4.78 is 46.6. The molecule has 0 saturated carbocycles. The van der Waals surface area contributed by atoms with Crippen LogP contribution in [-0.2, 0) is 4.74 Å². The number of methoxy groups -OCH3 is 1. The van der Waals surface area contributed by atoms with Gasteiger partial charge in [0.2, 0.25) is 0 Å². The van der Waals surface area contributed by atoms with E-state index in [0.717, 1.165) is 0 Å². The number of para-hydroxylation sites is 1. The van der Waals surface area contributed by atoms with E-state index in [9.17, 15) is 13.2 Å². The van der Waals surface area contributed by atoms with E-state index in [-0.39, 0.29) is 17.9 Å². The zero-order chi connectivity index (χ0) is 15.2. The number of benzene rings is 1. The Morgan fingerprint density at radius 2 is 1.90 bits per heavy atom. The summed E-state index contributed by atoms with van der Waals surface area (Å²) >= 11 is 0. The molecule has 0 radical (unpaired) electrons. The summed E-state index contributed by atoms with van der Waals surface area (Å²) in [5.41, 5.74) is 0.482. The maximum Gasteiger partial charge on any atom is 0.573 e. The summed E-state index contributed by atoms with van der Waals surface area (Å²) in [6.45, 7) is 4.41. The van der Waals surface area contributed by atoms with Crippen molar-refractivity contribution in [1.82, 2.24) is 5.32 Å². The summed E-state index contributed by atoms with van der Waals surface area (Å²) in [6.07, 6.45) is -4.21. The van der Waals surface area contributed by atoms with Crippen molar-refractivity contribution >= 4 is 0 Å². The second-order valence-electron chi connectivity index (χ2n) is 4.48. The Balaban J connectivity index is 3.00. The van der Waals surface area contributed by atoms with E-state index in [2.05, 4.69) is 10.1 Å². The van der Waals surface area contributed by atoms with Crippen LogP contribution in [0.3, 0.4) is 0 Å². The monoisotopic (exact) mass is 291 g/mol. The second kappa shape index (κ2) is 7.50. The molecule has 0 amide bonds. The molecule has 2 atom stereocenters. The molecule has 20 heavy (non-hydrogen) atoms. The van der Waals surface area contributed by atoms with Crippen molar-refractivity contribution in [2.45, 2.75) is 38.8 Å². The number of nitrogens with one attached hydrogen (secondary N) is 1. The zero-order valence-electron chi connectivity index (χ0n) is 11.8. The Bertz CT molecular complexity index is 410. The van der Waals surface area contributed by atoms with Gasteiger partial charge in [0.05, 0.1) is 6.10 Å². The first kappa shape index (κ1) is 16.8. The number of alkyl halides is 3. The molecule has 0 fully saturated rings. The maximum absolute atomic E-state index is 12.4. The molecule has 2 unspecified atom stereocenters. The third-order valence-corrected chi connectivity index (χ3v) is 2.94. The molecule has 0 aliphatic carbocycles. The van der Waals surface area contributed by atoms with Crippen molar-refractivity contribution < 1.29 is 22.6 Å². The number of hydrogen-bond acceptors (Lipinski definition) is 3. The third-order valence-electron chi connectivity index (χ3n) is 2.94. The highest BCUT2D eigenvalue weighted by atomic mass is 19.4. The van der Waals surface area contributed by atoms with E-state index in [1.165, 1.54) is 12.1 Å². The van der Waals surface area contributed by atoms with Gasteiger partial charge in [-0.1, -0.05) is 25.1 Å². The van der Waals surface area contributed by atoms with Crippen molar-refractivity contribution in [2.24, 2.45) is 0 Å². The Hall–Kier alpha value is -1.27. The lowest BCUT2D eigenvalue weighted by Crippen LogP contribution is -2.27. The zero-order valence-corrected chi connectivity index (χ0v) is 11.8. The van der Waals surface area contributed by atoms with E-state index in [4.69, 9.17) is 4.74 Å². The number of rotatable bonds is 7. The molecule has 6 heteroatoms. The first-order valence-corrected chi connectivity index (χ1v) is 6.48. The predicted molar refractivity (Wildman–Crippen MR) is 70.6 cm³/mol. The molecule has 0 spiro atoms. The van der Waals surface area contributed by atoms with Crippen molar-refractivity contribution in [1.29, 1.82) is 0 Å². The third kappa shape index (κ3) is 5.38. The fourth-order valence-corrected chi connectivity index (χ4v) is 1.98. The van der Waals surface area contributed by atoms with Gasteiger partial charge in [-0.05, 0) is 26.0 Å². The van der Waals surface area contributed by atoms with Gasteiger partial charge in [0.1, 0.15) is 5.75 Å². The fraction of sp³-hybridized carbons (Fsp3) is 0.571. The van der Waals surface area contributed by atoms with Crippen LogP contribution < -0.4 is 10.1 Å². The highest BCUT2D eigenvalue weighted by Gasteiger charge is 2.33. The highest BCUT2D eigenvalue weighted by Crippen LogP contribution is 2.32. The van der Waals surface area contributed by atoms with Gasteiger partial charge < -0.3 is 14.8 Å². The fourth-order valence-electron chi connectivity index (χ4n) is 1.98. The van der Waals surface area contributed by atoms with Crippen LogP contribution >= 0.6 is 0 Å². The van der Waals surface area contributed by atoms with E-state index in [1.54, 1.807) is 19.2 Å². The summed E-state index contributed by atoms with van der Waals surface area (Å²) in [7, 11) is 1.58. The van der Waals surface area contributed by atoms with Gasteiger partial charge in [-0.15, -0.1) is 13.2 Å². The van der Waals surface area contributed by atoms with E-state index < -0.39 is 6.36 Å². The van der Waals surface area contributed by atoms with Crippen LogP contribution in [0.25, 0.3) is 0 Å². The quantitative estimate of drug-likeness (QED) is 0.831. The Morgan fingerprint density at radius 3 is 2.45 bits per heavy atom. The minimum atomic E-state index is -4.69. The first-order chi connectivity index (χ1) is 9.37. The molecular formula is C14H20F3NO2. The SMILES string of the molecule is CCNC(CC(C)OC)c1ccccc1OC(F)(F)F. The average molecular weight is 291 g/mol. The Labute approximate surface area is 117 Å². The molecule has 1 rings (SSSR count). The highest BCUT2D eigenvalue weighted by molar-refractivity contribution is 5.36. The molecule has 3 nitrogen and oxygen atoms in total. The topological polar surface area (TPSA) is 30.5 Å². The second-order valence-corrected chi connectivity index (χ2v) is 4.48. The van der Waals surface area contributed by atoms with Gasteiger partial charge in [-0.3, -0.25) is 0 Å². The standard InChI is InChI=1S/C14H20F3NO2/c1-4-18-12(9-10(2)19-3)11-7-5-6-8-13(11)20-14(15,16)17/h5-8,10,12,18H,4,9H2,1-3H3. The predicted octanol–water partition coefficient (Wildman–Crippen LogP) is 3.66. The summed E-state index contributed by atoms with van der Waals surface area (Å²) in [4.78, 5) is 0. The Kier molecular flexibility index (Phi) is 6.29. The lowest BCUT2D eigenvalue weighted by atomic mass is 10.00. The van der Waals surface area contributed by atoms with Crippen molar-refractivity contribution in [3.05, 3.63) is 29.8 Å². The summed E-state index contributed by atoms with van der Waals surface area (Å²) in [5.74, 6) is -0.172. The molecule has 1 aromatic carbocycles. The molecule has 0 heterocycles. The van der Waals surface area contributed by atoms with Gasteiger partial charge in [0, 0.05) is 18.7 Å². The molecule has 0 aromatic heterocycles. The molecule has 0 aliphatic heterocycles. The molecule has 0 bridgehead atoms. The van der Waals surface area contributed by atoms with Crippen molar-refractivity contribution in [3.8, 4) is 5.75 Å². The van der Waals surface area contributed by atoms with E-state index in [0.29, 0.717) is 18.5 Å². The van der Waals surface area contributed by atoms with Gasteiger partial charge in [0.15, 0.2) is 0 Å². The van der Waals surface area contributed by atoms with Crippen LogP contribution in [0, 0.1) is 0 Å². The summed E-state index contributed by atoms with van der Waals surface area (Å²) in [6, 6.07) is 5.92. The molecule has 1 N–H and O–H groups in total. The molecular weight excluding hydrogens is 271 g/mol. The van der Waals surface area contributed by atoms with E-state index >= 15 is 0 Å². The normalized spacial score (nSPS) is 14.9. The minimum absolute atomic E-state index is 0.0713. The van der Waals surface area contributed by atoms with Gasteiger partial charge in [-0.25, -0.2) is 0 Å². The maximum atomic E-state index is 12.4. The molecule has 0 aliphatic rings. The lowest BCUT2D eigenvalue weighted by Gasteiger charge is -2.24. The van der Waals surface area contributed by atoms with Gasteiger partial charge >= 0.3 is 6.36 Å².